The van der Waals surface area contributed by atoms with Crippen LogP contribution in [-0.2, 0) is 6.54 Å². The molecule has 1 aromatic rings. The van der Waals surface area contributed by atoms with Crippen molar-refractivity contribution in [1.82, 2.24) is 15.0 Å². The van der Waals surface area contributed by atoms with Crippen molar-refractivity contribution in [2.75, 3.05) is 0 Å². The Kier molecular flexibility index (Phi) is 2.35. The minimum Gasteiger partial charge on any atom is -0.184 e. The van der Waals surface area contributed by atoms with Gasteiger partial charge in [0.25, 0.3) is 0 Å². The predicted molar refractivity (Wildman–Crippen MR) is 35.4 cm³/mol. The summed E-state index contributed by atoms with van der Waals surface area (Å²) in [6.45, 7) is 1.47. The van der Waals surface area contributed by atoms with Gasteiger partial charge < -0.3 is 0 Å². The van der Waals surface area contributed by atoms with Crippen molar-refractivity contribution in [3.63, 3.8) is 0 Å². The van der Waals surface area contributed by atoms with Crippen LogP contribution in [-0.4, -0.2) is 21.2 Å². The maximum absolute atomic E-state index is 11.7. The number of nitrogens with zero attached hydrogens (tertiary/aromatic N) is 3. The highest BCUT2D eigenvalue weighted by molar-refractivity contribution is 4.84. The normalized spacial score (nSPS) is 12.0. The molecule has 0 spiro atoms. The van der Waals surface area contributed by atoms with E-state index in [4.69, 9.17) is 0 Å². The van der Waals surface area contributed by atoms with E-state index in [-0.39, 0.29) is 6.54 Å². The molecule has 0 bridgehead atoms. The minimum absolute atomic E-state index is 0.211. The van der Waals surface area contributed by atoms with Gasteiger partial charge in [-0.15, -0.1) is 0 Å². The summed E-state index contributed by atoms with van der Waals surface area (Å²) in [5.41, 5.74) is 0.622. The monoisotopic (exact) mass is 179 g/mol. The van der Waals surface area contributed by atoms with Crippen molar-refractivity contribution in [1.29, 1.82) is 0 Å². The van der Waals surface area contributed by atoms with Crippen molar-refractivity contribution >= 4 is 0 Å². The molecule has 0 saturated heterocycles. The summed E-state index contributed by atoms with van der Waals surface area (Å²) in [7, 11) is 0. The van der Waals surface area contributed by atoms with Crippen LogP contribution >= 0.6 is 0 Å². The summed E-state index contributed by atoms with van der Waals surface area (Å²) in [6, 6.07) is 0. The molecule has 1 heterocycles. The van der Waals surface area contributed by atoms with E-state index < -0.39 is 12.6 Å². The molecule has 0 N–H and O–H groups in total. The van der Waals surface area contributed by atoms with Crippen LogP contribution < -0.4 is 0 Å². The maximum Gasteiger partial charge on any atom is 0.390 e. The molecule has 0 aliphatic rings. The third kappa shape index (κ3) is 2.89. The zero-order valence-corrected chi connectivity index (χ0v) is 6.47. The Hall–Kier alpha value is -1.07. The SMILES string of the molecule is Cc1cnn(CCC(F)(F)F)n1. The lowest BCUT2D eigenvalue weighted by Crippen LogP contribution is -2.13. The summed E-state index contributed by atoms with van der Waals surface area (Å²) in [5, 5.41) is 7.34. The largest absolute Gasteiger partial charge is 0.390 e. The maximum atomic E-state index is 11.7. The first-order chi connectivity index (χ1) is 5.47. The molecule has 1 rings (SSSR count). The molecule has 12 heavy (non-hydrogen) atoms. The number of hydrogen-bond donors (Lipinski definition) is 0. The van der Waals surface area contributed by atoms with E-state index in [1.54, 1.807) is 6.92 Å². The van der Waals surface area contributed by atoms with Crippen molar-refractivity contribution in [2.24, 2.45) is 0 Å². The topological polar surface area (TPSA) is 30.7 Å². The Bertz CT molecular complexity index is 253. The quantitative estimate of drug-likeness (QED) is 0.689. The van der Waals surface area contributed by atoms with Gasteiger partial charge in [-0.1, -0.05) is 0 Å². The Morgan fingerprint density at radius 2 is 2.17 bits per heavy atom. The molecule has 0 amide bonds. The number of rotatable bonds is 2. The molecule has 0 radical (unpaired) electrons. The molecule has 6 heteroatoms. The van der Waals surface area contributed by atoms with E-state index in [9.17, 15) is 13.2 Å². The molecule has 3 nitrogen and oxygen atoms in total. The second kappa shape index (κ2) is 3.12. The van der Waals surface area contributed by atoms with Gasteiger partial charge in [0.1, 0.15) is 0 Å². The van der Waals surface area contributed by atoms with E-state index >= 15 is 0 Å². The third-order valence-corrected chi connectivity index (χ3v) is 1.25. The minimum atomic E-state index is -4.14. The van der Waals surface area contributed by atoms with Gasteiger partial charge in [-0.25, -0.2) is 0 Å². The Morgan fingerprint density at radius 1 is 1.50 bits per heavy atom. The van der Waals surface area contributed by atoms with Crippen molar-refractivity contribution in [3.05, 3.63) is 11.9 Å². The van der Waals surface area contributed by atoms with Crippen molar-refractivity contribution < 1.29 is 13.2 Å². The average Bonchev–Trinajstić information content (AvgIpc) is 2.30. The number of alkyl halides is 3. The second-order valence-electron chi connectivity index (χ2n) is 2.45. The van der Waals surface area contributed by atoms with Gasteiger partial charge in [0, 0.05) is 0 Å². The first-order valence-electron chi connectivity index (χ1n) is 3.41. The number of aryl methyl sites for hydroxylation is 2. The summed E-state index contributed by atoms with van der Waals surface area (Å²) < 4.78 is 35.0. The standard InChI is InChI=1S/C6H8F3N3/c1-5-4-10-12(11-5)3-2-6(7,8)9/h4H,2-3H2,1H3. The van der Waals surface area contributed by atoms with Crippen LogP contribution in [0.3, 0.4) is 0 Å². The van der Waals surface area contributed by atoms with Crippen LogP contribution in [0.5, 0.6) is 0 Å². The van der Waals surface area contributed by atoms with Gasteiger partial charge in [-0.3, -0.25) is 0 Å². The van der Waals surface area contributed by atoms with Gasteiger partial charge in [0.05, 0.1) is 24.9 Å². The molecule has 0 atom stereocenters. The van der Waals surface area contributed by atoms with Crippen molar-refractivity contribution in [2.45, 2.75) is 26.1 Å². The van der Waals surface area contributed by atoms with Crippen molar-refractivity contribution in [3.8, 4) is 0 Å². The first-order valence-corrected chi connectivity index (χ1v) is 3.41. The van der Waals surface area contributed by atoms with E-state index in [0.29, 0.717) is 5.69 Å². The molecular weight excluding hydrogens is 171 g/mol. The molecule has 0 aliphatic carbocycles. The Labute approximate surface area is 67.2 Å². The summed E-state index contributed by atoms with van der Waals surface area (Å²) >= 11 is 0. The molecule has 68 valence electrons. The van der Waals surface area contributed by atoms with E-state index in [2.05, 4.69) is 10.2 Å². The van der Waals surface area contributed by atoms with E-state index in [1.807, 2.05) is 0 Å². The van der Waals surface area contributed by atoms with Crippen LogP contribution in [0.15, 0.2) is 6.20 Å². The fraction of sp³-hybridized carbons (Fsp3) is 0.667. The number of hydrogen-bond acceptors (Lipinski definition) is 2. The van der Waals surface area contributed by atoms with Crippen LogP contribution in [0.2, 0.25) is 0 Å². The highest BCUT2D eigenvalue weighted by Gasteiger charge is 2.26. The van der Waals surface area contributed by atoms with Gasteiger partial charge in [-0.05, 0) is 6.92 Å². The van der Waals surface area contributed by atoms with Crippen LogP contribution in [0.25, 0.3) is 0 Å². The van der Waals surface area contributed by atoms with Crippen LogP contribution in [0, 0.1) is 6.92 Å². The van der Waals surface area contributed by atoms with Gasteiger partial charge in [-0.2, -0.15) is 28.2 Å². The van der Waals surface area contributed by atoms with Crippen LogP contribution in [0.1, 0.15) is 12.1 Å². The lowest BCUT2D eigenvalue weighted by atomic mass is 10.4. The average molecular weight is 179 g/mol. The lowest BCUT2D eigenvalue weighted by molar-refractivity contribution is -0.137. The highest BCUT2D eigenvalue weighted by Crippen LogP contribution is 2.19. The lowest BCUT2D eigenvalue weighted by Gasteiger charge is -2.04. The Balaban J connectivity index is 2.44. The molecule has 0 unspecified atom stereocenters. The highest BCUT2D eigenvalue weighted by atomic mass is 19.4. The molecule has 0 aromatic carbocycles. The fourth-order valence-corrected chi connectivity index (χ4v) is 0.718. The van der Waals surface area contributed by atoms with Gasteiger partial charge in [0.2, 0.25) is 0 Å². The van der Waals surface area contributed by atoms with Gasteiger partial charge in [0.15, 0.2) is 0 Å². The molecule has 1 aromatic heterocycles. The summed E-state index contributed by atoms with van der Waals surface area (Å²) in [4.78, 5) is 1.04. The molecule has 0 aliphatic heterocycles. The third-order valence-electron chi connectivity index (χ3n) is 1.25. The number of halogens is 3. The fourth-order valence-electron chi connectivity index (χ4n) is 0.718. The predicted octanol–water partition coefficient (Wildman–Crippen LogP) is 1.54. The van der Waals surface area contributed by atoms with Gasteiger partial charge >= 0.3 is 6.18 Å². The molecule has 0 fully saturated rings. The molecule has 0 saturated carbocycles. The summed E-state index contributed by atoms with van der Waals surface area (Å²) in [6.07, 6.45) is -3.60. The second-order valence-corrected chi connectivity index (χ2v) is 2.45. The number of aromatic nitrogens is 3. The Morgan fingerprint density at radius 3 is 2.58 bits per heavy atom. The van der Waals surface area contributed by atoms with Crippen LogP contribution in [0.4, 0.5) is 13.2 Å². The first kappa shape index (κ1) is 9.02. The van der Waals surface area contributed by atoms with E-state index in [0.717, 1.165) is 4.80 Å². The van der Waals surface area contributed by atoms with E-state index in [1.165, 1.54) is 6.20 Å². The molecular formula is C6H8F3N3. The smallest absolute Gasteiger partial charge is 0.184 e. The zero-order valence-electron chi connectivity index (χ0n) is 6.47. The summed E-state index contributed by atoms with van der Waals surface area (Å²) in [5.74, 6) is 0. The zero-order chi connectivity index (χ0) is 9.19.